The predicted molar refractivity (Wildman–Crippen MR) is 91.9 cm³/mol. The lowest BCUT2D eigenvalue weighted by Gasteiger charge is -2.20. The number of carbonyl (C=O) groups excluding carboxylic acids is 2. The first-order valence-electron chi connectivity index (χ1n) is 7.65. The van der Waals surface area contributed by atoms with E-state index in [0.29, 0.717) is 6.61 Å². The SMILES string of the molecule is CCOC(=O)CC(NC(=O)c1cccc(Cl)n1)c1ccccc1C. The van der Waals surface area contributed by atoms with Gasteiger partial charge in [-0.1, -0.05) is 41.9 Å². The number of pyridine rings is 1. The first-order valence-corrected chi connectivity index (χ1v) is 8.03. The van der Waals surface area contributed by atoms with Crippen LogP contribution in [-0.2, 0) is 9.53 Å². The fourth-order valence-corrected chi connectivity index (χ4v) is 2.53. The highest BCUT2D eigenvalue weighted by molar-refractivity contribution is 6.29. The molecule has 1 atom stereocenters. The first kappa shape index (κ1) is 17.9. The summed E-state index contributed by atoms with van der Waals surface area (Å²) in [6, 6.07) is 11.9. The van der Waals surface area contributed by atoms with Gasteiger partial charge < -0.3 is 10.1 Å². The van der Waals surface area contributed by atoms with Crippen molar-refractivity contribution >= 4 is 23.5 Å². The van der Waals surface area contributed by atoms with Crippen LogP contribution in [0.2, 0.25) is 5.15 Å². The van der Waals surface area contributed by atoms with Crippen LogP contribution in [0.4, 0.5) is 0 Å². The van der Waals surface area contributed by atoms with Gasteiger partial charge in [0.1, 0.15) is 10.8 Å². The maximum absolute atomic E-state index is 12.4. The molecule has 5 nitrogen and oxygen atoms in total. The lowest BCUT2D eigenvalue weighted by Crippen LogP contribution is -2.31. The van der Waals surface area contributed by atoms with Crippen LogP contribution in [-0.4, -0.2) is 23.5 Å². The number of carbonyl (C=O) groups is 2. The van der Waals surface area contributed by atoms with Gasteiger partial charge in [0, 0.05) is 0 Å². The maximum atomic E-state index is 12.4. The van der Waals surface area contributed by atoms with Crippen molar-refractivity contribution < 1.29 is 14.3 Å². The number of rotatable bonds is 6. The standard InChI is InChI=1S/C18H19ClN2O3/c1-3-24-17(22)11-15(13-8-5-4-7-12(13)2)21-18(23)14-9-6-10-16(19)20-14/h4-10,15H,3,11H2,1-2H3,(H,21,23). The normalized spacial score (nSPS) is 11.6. The number of benzene rings is 1. The highest BCUT2D eigenvalue weighted by Gasteiger charge is 2.22. The molecule has 0 saturated heterocycles. The van der Waals surface area contributed by atoms with E-state index in [4.69, 9.17) is 16.3 Å². The summed E-state index contributed by atoms with van der Waals surface area (Å²) in [5.74, 6) is -0.764. The number of nitrogens with zero attached hydrogens (tertiary/aromatic N) is 1. The molecule has 0 spiro atoms. The summed E-state index contributed by atoms with van der Waals surface area (Å²) in [7, 11) is 0. The van der Waals surface area contributed by atoms with Crippen molar-refractivity contribution in [2.75, 3.05) is 6.61 Å². The number of hydrogen-bond acceptors (Lipinski definition) is 4. The smallest absolute Gasteiger partial charge is 0.308 e. The molecule has 2 rings (SSSR count). The number of ether oxygens (including phenoxy) is 1. The molecule has 0 aliphatic heterocycles. The third-order valence-corrected chi connectivity index (χ3v) is 3.70. The molecule has 24 heavy (non-hydrogen) atoms. The average molecular weight is 347 g/mol. The Morgan fingerprint density at radius 1 is 1.21 bits per heavy atom. The molecule has 1 amide bonds. The largest absolute Gasteiger partial charge is 0.466 e. The Kier molecular flexibility index (Phi) is 6.32. The Bertz CT molecular complexity index is 734. The van der Waals surface area contributed by atoms with E-state index >= 15 is 0 Å². The van der Waals surface area contributed by atoms with Crippen LogP contribution in [0.15, 0.2) is 42.5 Å². The molecular formula is C18H19ClN2O3. The van der Waals surface area contributed by atoms with Gasteiger partial charge in [-0.25, -0.2) is 4.98 Å². The molecule has 0 aliphatic rings. The second kappa shape index (κ2) is 8.45. The molecule has 6 heteroatoms. The number of halogens is 1. The summed E-state index contributed by atoms with van der Waals surface area (Å²) >= 11 is 5.83. The fourth-order valence-electron chi connectivity index (χ4n) is 2.37. The average Bonchev–Trinajstić information content (AvgIpc) is 2.55. The number of nitrogens with one attached hydrogen (secondary N) is 1. The highest BCUT2D eigenvalue weighted by atomic mass is 35.5. The summed E-state index contributed by atoms with van der Waals surface area (Å²) in [6.45, 7) is 3.97. The van der Waals surface area contributed by atoms with Crippen molar-refractivity contribution in [1.29, 1.82) is 0 Å². The number of aromatic nitrogens is 1. The van der Waals surface area contributed by atoms with Gasteiger partial charge in [0.25, 0.3) is 5.91 Å². The van der Waals surface area contributed by atoms with E-state index < -0.39 is 11.9 Å². The Labute approximate surface area is 146 Å². The summed E-state index contributed by atoms with van der Waals surface area (Å²) < 4.78 is 5.01. The highest BCUT2D eigenvalue weighted by Crippen LogP contribution is 2.22. The van der Waals surface area contributed by atoms with Crippen molar-refractivity contribution in [2.24, 2.45) is 0 Å². The minimum Gasteiger partial charge on any atom is -0.466 e. The van der Waals surface area contributed by atoms with Crippen LogP contribution >= 0.6 is 11.6 Å². The summed E-state index contributed by atoms with van der Waals surface area (Å²) in [4.78, 5) is 28.3. The molecule has 0 saturated carbocycles. The topological polar surface area (TPSA) is 68.3 Å². The molecule has 1 aromatic carbocycles. The third kappa shape index (κ3) is 4.80. The molecule has 0 radical (unpaired) electrons. The minimum absolute atomic E-state index is 0.0466. The zero-order chi connectivity index (χ0) is 17.5. The van der Waals surface area contributed by atoms with E-state index in [0.717, 1.165) is 11.1 Å². The zero-order valence-electron chi connectivity index (χ0n) is 13.6. The van der Waals surface area contributed by atoms with E-state index in [2.05, 4.69) is 10.3 Å². The van der Waals surface area contributed by atoms with Gasteiger partial charge in [0.05, 0.1) is 19.1 Å². The van der Waals surface area contributed by atoms with Crippen LogP contribution in [0.1, 0.15) is 41.0 Å². The van der Waals surface area contributed by atoms with Gasteiger partial charge in [-0.05, 0) is 37.1 Å². The second-order valence-electron chi connectivity index (χ2n) is 5.24. The Hall–Kier alpha value is -2.40. The van der Waals surface area contributed by atoms with Gasteiger partial charge in [-0.2, -0.15) is 0 Å². The Morgan fingerprint density at radius 2 is 1.96 bits per heavy atom. The first-order chi connectivity index (χ1) is 11.5. The van der Waals surface area contributed by atoms with Crippen molar-refractivity contribution in [1.82, 2.24) is 10.3 Å². The monoisotopic (exact) mass is 346 g/mol. The van der Waals surface area contributed by atoms with Crippen LogP contribution in [0, 0.1) is 6.92 Å². The van der Waals surface area contributed by atoms with E-state index in [1.54, 1.807) is 25.1 Å². The quantitative estimate of drug-likeness (QED) is 0.642. The molecule has 1 heterocycles. The Balaban J connectivity index is 2.24. The molecule has 1 aromatic heterocycles. The summed E-state index contributed by atoms with van der Waals surface area (Å²) in [5, 5.41) is 3.08. The predicted octanol–water partition coefficient (Wildman–Crippen LogP) is 3.47. The minimum atomic E-state index is -0.501. The Morgan fingerprint density at radius 3 is 2.62 bits per heavy atom. The summed E-state index contributed by atoms with van der Waals surface area (Å²) in [5.41, 5.74) is 2.04. The van der Waals surface area contributed by atoms with E-state index in [1.807, 2.05) is 31.2 Å². The molecule has 0 bridgehead atoms. The van der Waals surface area contributed by atoms with Gasteiger partial charge in [0.2, 0.25) is 0 Å². The number of amides is 1. The summed E-state index contributed by atoms with van der Waals surface area (Å²) in [6.07, 6.45) is 0.0466. The van der Waals surface area contributed by atoms with Crippen molar-refractivity contribution in [3.8, 4) is 0 Å². The number of hydrogen-bond donors (Lipinski definition) is 1. The number of aryl methyl sites for hydroxylation is 1. The lowest BCUT2D eigenvalue weighted by molar-refractivity contribution is -0.143. The molecule has 1 unspecified atom stereocenters. The molecule has 1 N–H and O–H groups in total. The van der Waals surface area contributed by atoms with Crippen molar-refractivity contribution in [2.45, 2.75) is 26.3 Å². The van der Waals surface area contributed by atoms with Crippen LogP contribution in [0.3, 0.4) is 0 Å². The molecule has 2 aromatic rings. The van der Waals surface area contributed by atoms with Gasteiger partial charge in [0.15, 0.2) is 0 Å². The second-order valence-corrected chi connectivity index (χ2v) is 5.62. The van der Waals surface area contributed by atoms with Crippen LogP contribution in [0.25, 0.3) is 0 Å². The van der Waals surface area contributed by atoms with Crippen LogP contribution in [0.5, 0.6) is 0 Å². The van der Waals surface area contributed by atoms with Crippen molar-refractivity contribution in [3.05, 3.63) is 64.4 Å². The van der Waals surface area contributed by atoms with Gasteiger partial charge in [-0.3, -0.25) is 9.59 Å². The lowest BCUT2D eigenvalue weighted by atomic mass is 9.98. The van der Waals surface area contributed by atoms with E-state index in [1.165, 1.54) is 0 Å². The maximum Gasteiger partial charge on any atom is 0.308 e. The fraction of sp³-hybridized carbons (Fsp3) is 0.278. The molecule has 126 valence electrons. The number of esters is 1. The third-order valence-electron chi connectivity index (χ3n) is 3.49. The molecule has 0 aliphatic carbocycles. The van der Waals surface area contributed by atoms with Crippen molar-refractivity contribution in [3.63, 3.8) is 0 Å². The molecular weight excluding hydrogens is 328 g/mol. The van der Waals surface area contributed by atoms with E-state index in [9.17, 15) is 9.59 Å². The van der Waals surface area contributed by atoms with Gasteiger partial charge in [-0.15, -0.1) is 0 Å². The zero-order valence-corrected chi connectivity index (χ0v) is 14.3. The van der Waals surface area contributed by atoms with Crippen LogP contribution < -0.4 is 5.32 Å². The molecule has 0 fully saturated rings. The van der Waals surface area contributed by atoms with Gasteiger partial charge >= 0.3 is 5.97 Å². The van der Waals surface area contributed by atoms with E-state index in [-0.39, 0.29) is 23.2 Å².